The number of amidine groups is 1. The van der Waals surface area contributed by atoms with E-state index in [-0.39, 0.29) is 12.5 Å². The van der Waals surface area contributed by atoms with Crippen LogP contribution in [0.4, 0.5) is 5.69 Å². The number of thioether (sulfide) groups is 1. The first kappa shape index (κ1) is 29.3. The van der Waals surface area contributed by atoms with Crippen LogP contribution in [-0.4, -0.2) is 24.8 Å². The average molecular weight is 646 g/mol. The second-order valence-corrected chi connectivity index (χ2v) is 11.0. The topological polar surface area (TPSA) is 78.4 Å². The molecule has 1 amide bonds. The standard InChI is InChI=1S/C33H29BrN2O5S/c1-3-39-29-18-24(19-30-32(37)36-33(42-30)35-25-12-8-5-9-13-25)16-26(34)31(29)41-21-23-14-15-27(28(17-23)38-2)40-20-22-10-6-4-7-11-22/h4-19H,3,20-21H2,1-2H3,(H,35,36,37)/b30-19+. The number of methoxy groups -OCH3 is 1. The number of carbonyl (C=O) groups excluding carboxylic acids is 1. The summed E-state index contributed by atoms with van der Waals surface area (Å²) < 4.78 is 24.4. The predicted octanol–water partition coefficient (Wildman–Crippen LogP) is 7.91. The first-order valence-corrected chi connectivity index (χ1v) is 14.9. The average Bonchev–Trinajstić information content (AvgIpc) is 3.34. The molecule has 1 heterocycles. The number of nitrogens with one attached hydrogen (secondary N) is 1. The lowest BCUT2D eigenvalue weighted by Gasteiger charge is -2.16. The highest BCUT2D eigenvalue weighted by atomic mass is 79.9. The number of para-hydroxylation sites is 1. The van der Waals surface area contributed by atoms with E-state index in [2.05, 4.69) is 26.2 Å². The van der Waals surface area contributed by atoms with Crippen LogP contribution in [0.2, 0.25) is 0 Å². The van der Waals surface area contributed by atoms with Gasteiger partial charge in [-0.1, -0.05) is 54.6 Å². The lowest BCUT2D eigenvalue weighted by atomic mass is 10.1. The Morgan fingerprint density at radius 2 is 1.57 bits per heavy atom. The van der Waals surface area contributed by atoms with Crippen molar-refractivity contribution < 1.29 is 23.7 Å². The summed E-state index contributed by atoms with van der Waals surface area (Å²) in [7, 11) is 1.62. The monoisotopic (exact) mass is 644 g/mol. The van der Waals surface area contributed by atoms with Crippen LogP contribution < -0.4 is 24.3 Å². The quantitative estimate of drug-likeness (QED) is 0.167. The third-order valence-electron chi connectivity index (χ3n) is 6.12. The molecule has 1 N–H and O–H groups in total. The van der Waals surface area contributed by atoms with Gasteiger partial charge < -0.3 is 24.3 Å². The summed E-state index contributed by atoms with van der Waals surface area (Å²) in [5.41, 5.74) is 3.55. The zero-order valence-electron chi connectivity index (χ0n) is 23.1. The largest absolute Gasteiger partial charge is 0.493 e. The van der Waals surface area contributed by atoms with Crippen LogP contribution in [0.5, 0.6) is 23.0 Å². The lowest BCUT2D eigenvalue weighted by Crippen LogP contribution is -2.19. The highest BCUT2D eigenvalue weighted by Gasteiger charge is 2.24. The molecule has 1 aliphatic rings. The van der Waals surface area contributed by atoms with Crippen LogP contribution >= 0.6 is 27.7 Å². The van der Waals surface area contributed by atoms with Gasteiger partial charge in [0.05, 0.1) is 28.8 Å². The van der Waals surface area contributed by atoms with Gasteiger partial charge in [0.1, 0.15) is 13.2 Å². The van der Waals surface area contributed by atoms with E-state index in [1.165, 1.54) is 11.8 Å². The highest BCUT2D eigenvalue weighted by molar-refractivity contribution is 9.10. The van der Waals surface area contributed by atoms with Crippen molar-refractivity contribution in [2.45, 2.75) is 20.1 Å². The number of halogens is 1. The van der Waals surface area contributed by atoms with E-state index < -0.39 is 0 Å². The molecule has 0 spiro atoms. The zero-order chi connectivity index (χ0) is 29.3. The molecule has 0 bridgehead atoms. The van der Waals surface area contributed by atoms with Gasteiger partial charge in [0.2, 0.25) is 0 Å². The third-order valence-corrected chi connectivity index (χ3v) is 7.61. The van der Waals surface area contributed by atoms with Gasteiger partial charge in [0.25, 0.3) is 5.91 Å². The predicted molar refractivity (Wildman–Crippen MR) is 171 cm³/mol. The Morgan fingerprint density at radius 3 is 2.31 bits per heavy atom. The number of aliphatic imine (C=N–C) groups is 1. The van der Waals surface area contributed by atoms with Crippen LogP contribution in [0.15, 0.2) is 105 Å². The number of amides is 1. The summed E-state index contributed by atoms with van der Waals surface area (Å²) in [6, 6.07) is 29.0. The molecule has 0 radical (unpaired) electrons. The summed E-state index contributed by atoms with van der Waals surface area (Å²) in [5, 5.41) is 3.36. The van der Waals surface area contributed by atoms with Gasteiger partial charge in [0.15, 0.2) is 28.2 Å². The molecule has 4 aromatic rings. The molecule has 0 unspecified atom stereocenters. The van der Waals surface area contributed by atoms with Crippen molar-refractivity contribution in [1.82, 2.24) is 5.32 Å². The highest BCUT2D eigenvalue weighted by Crippen LogP contribution is 2.39. The molecule has 0 atom stereocenters. The minimum Gasteiger partial charge on any atom is -0.493 e. The maximum absolute atomic E-state index is 12.6. The van der Waals surface area contributed by atoms with Gasteiger partial charge in [-0.2, -0.15) is 0 Å². The molecule has 7 nitrogen and oxygen atoms in total. The van der Waals surface area contributed by atoms with Gasteiger partial charge >= 0.3 is 0 Å². The second-order valence-electron chi connectivity index (χ2n) is 9.13. The van der Waals surface area contributed by atoms with Gasteiger partial charge in [-0.05, 0) is 93.8 Å². The maximum atomic E-state index is 12.6. The van der Waals surface area contributed by atoms with Gasteiger partial charge in [-0.3, -0.25) is 4.79 Å². The van der Waals surface area contributed by atoms with Gasteiger partial charge in [-0.25, -0.2) is 4.99 Å². The molecule has 9 heteroatoms. The molecular formula is C33H29BrN2O5S. The van der Waals surface area contributed by atoms with E-state index in [4.69, 9.17) is 18.9 Å². The number of ether oxygens (including phenoxy) is 4. The molecule has 42 heavy (non-hydrogen) atoms. The summed E-state index contributed by atoms with van der Waals surface area (Å²) in [4.78, 5) is 17.7. The summed E-state index contributed by atoms with van der Waals surface area (Å²) in [6.07, 6.45) is 1.81. The molecule has 4 aromatic carbocycles. The van der Waals surface area contributed by atoms with Crippen LogP contribution in [0.25, 0.3) is 6.08 Å². The summed E-state index contributed by atoms with van der Waals surface area (Å²) in [6.45, 7) is 3.09. The molecule has 1 saturated heterocycles. The Hall–Kier alpha value is -4.21. The fourth-order valence-corrected chi connectivity index (χ4v) is 5.55. The molecule has 5 rings (SSSR count). The minimum atomic E-state index is -0.200. The number of hydrogen-bond donors (Lipinski definition) is 1. The Balaban J connectivity index is 1.29. The van der Waals surface area contributed by atoms with E-state index >= 15 is 0 Å². The lowest BCUT2D eigenvalue weighted by molar-refractivity contribution is -0.115. The van der Waals surface area contributed by atoms with E-state index in [9.17, 15) is 4.79 Å². The molecular weight excluding hydrogens is 616 g/mol. The van der Waals surface area contributed by atoms with Crippen LogP contribution in [0.3, 0.4) is 0 Å². The van der Waals surface area contributed by atoms with Crippen molar-refractivity contribution in [2.24, 2.45) is 4.99 Å². The summed E-state index contributed by atoms with van der Waals surface area (Å²) in [5.74, 6) is 2.21. The summed E-state index contributed by atoms with van der Waals surface area (Å²) >= 11 is 4.93. The zero-order valence-corrected chi connectivity index (χ0v) is 25.5. The van der Waals surface area contributed by atoms with E-state index in [1.807, 2.05) is 104 Å². The number of benzene rings is 4. The van der Waals surface area contributed by atoms with Gasteiger partial charge in [0, 0.05) is 0 Å². The van der Waals surface area contributed by atoms with E-state index in [1.54, 1.807) is 7.11 Å². The van der Waals surface area contributed by atoms with Crippen molar-refractivity contribution in [1.29, 1.82) is 0 Å². The molecule has 1 aliphatic heterocycles. The van der Waals surface area contributed by atoms with E-state index in [0.29, 0.717) is 50.8 Å². The number of hydrogen-bond acceptors (Lipinski definition) is 7. The number of nitrogens with zero attached hydrogens (tertiary/aromatic N) is 1. The molecule has 0 saturated carbocycles. The fourth-order valence-electron chi connectivity index (χ4n) is 4.14. The third kappa shape index (κ3) is 7.54. The minimum absolute atomic E-state index is 0.200. The Morgan fingerprint density at radius 1 is 0.833 bits per heavy atom. The van der Waals surface area contributed by atoms with Crippen LogP contribution in [0, 0.1) is 0 Å². The van der Waals surface area contributed by atoms with Crippen LogP contribution in [-0.2, 0) is 18.0 Å². The smallest absolute Gasteiger partial charge is 0.264 e. The normalized spacial score (nSPS) is 14.6. The fraction of sp³-hybridized carbons (Fsp3) is 0.152. The Kier molecular flexibility index (Phi) is 9.84. The van der Waals surface area contributed by atoms with Crippen molar-refractivity contribution in [3.63, 3.8) is 0 Å². The van der Waals surface area contributed by atoms with Crippen LogP contribution in [0.1, 0.15) is 23.6 Å². The Bertz CT molecular complexity index is 1610. The first-order valence-electron chi connectivity index (χ1n) is 13.3. The maximum Gasteiger partial charge on any atom is 0.264 e. The number of carbonyl (C=O) groups is 1. The molecule has 1 fully saturated rings. The number of rotatable bonds is 11. The van der Waals surface area contributed by atoms with E-state index in [0.717, 1.165) is 22.4 Å². The van der Waals surface area contributed by atoms with Crippen molar-refractivity contribution in [2.75, 3.05) is 13.7 Å². The molecule has 0 aliphatic carbocycles. The van der Waals surface area contributed by atoms with Gasteiger partial charge in [-0.15, -0.1) is 0 Å². The van der Waals surface area contributed by atoms with Crippen molar-refractivity contribution in [3.8, 4) is 23.0 Å². The molecule has 0 aromatic heterocycles. The SMILES string of the molecule is CCOc1cc(/C=C2/SC(=Nc3ccccc3)NC2=O)cc(Br)c1OCc1ccc(OCc2ccccc2)c(OC)c1. The first-order chi connectivity index (χ1) is 20.5. The Labute approximate surface area is 257 Å². The van der Waals surface area contributed by atoms with Crippen molar-refractivity contribution in [3.05, 3.63) is 117 Å². The molecule has 214 valence electrons. The van der Waals surface area contributed by atoms with Crippen molar-refractivity contribution >= 4 is 50.5 Å². The second kappa shape index (κ2) is 14.1.